The molecule has 4 aromatic rings. The van der Waals surface area contributed by atoms with Gasteiger partial charge in [-0.3, -0.25) is 4.99 Å². The molecule has 0 saturated carbocycles. The molecule has 2 aromatic carbocycles. The topological polar surface area (TPSA) is 42.8 Å². The molecule has 0 radical (unpaired) electrons. The predicted molar refractivity (Wildman–Crippen MR) is 110 cm³/mol. The summed E-state index contributed by atoms with van der Waals surface area (Å²) in [6, 6.07) is 20.2. The average molecular weight is 391 g/mol. The summed E-state index contributed by atoms with van der Waals surface area (Å²) in [6.45, 7) is 0.661. The van der Waals surface area contributed by atoms with Crippen LogP contribution in [0.2, 0.25) is 0 Å². The Morgan fingerprint density at radius 3 is 2.57 bits per heavy atom. The quantitative estimate of drug-likeness (QED) is 0.428. The SMILES string of the molecule is Fc1ccc(C=Nn2c(-c3ccco3)csc2=NCCc2ccccc2)cc1. The second-order valence-electron chi connectivity index (χ2n) is 6.11. The third-order valence-corrected chi connectivity index (χ3v) is 5.00. The molecule has 2 heterocycles. The summed E-state index contributed by atoms with van der Waals surface area (Å²) in [6.07, 6.45) is 4.18. The van der Waals surface area contributed by atoms with Crippen molar-refractivity contribution < 1.29 is 8.81 Å². The summed E-state index contributed by atoms with van der Waals surface area (Å²) in [5.74, 6) is 0.449. The van der Waals surface area contributed by atoms with Crippen molar-refractivity contribution in [3.63, 3.8) is 0 Å². The number of aromatic nitrogens is 1. The second-order valence-corrected chi connectivity index (χ2v) is 6.94. The van der Waals surface area contributed by atoms with Crippen LogP contribution < -0.4 is 4.80 Å². The summed E-state index contributed by atoms with van der Waals surface area (Å²) < 4.78 is 20.4. The molecule has 140 valence electrons. The number of rotatable bonds is 6. The predicted octanol–water partition coefficient (Wildman–Crippen LogP) is 4.97. The Labute approximate surface area is 165 Å². The van der Waals surface area contributed by atoms with E-state index in [9.17, 15) is 4.39 Å². The Kier molecular flexibility index (Phi) is 5.58. The van der Waals surface area contributed by atoms with Gasteiger partial charge in [-0.25, -0.2) is 9.07 Å². The smallest absolute Gasteiger partial charge is 0.206 e. The van der Waals surface area contributed by atoms with Crippen LogP contribution in [0.4, 0.5) is 4.39 Å². The highest BCUT2D eigenvalue weighted by Gasteiger charge is 2.09. The van der Waals surface area contributed by atoms with Crippen molar-refractivity contribution in [2.24, 2.45) is 10.1 Å². The van der Waals surface area contributed by atoms with E-state index < -0.39 is 0 Å². The van der Waals surface area contributed by atoms with Crippen molar-refractivity contribution in [3.8, 4) is 11.5 Å². The summed E-state index contributed by atoms with van der Waals surface area (Å²) in [5, 5.41) is 6.55. The van der Waals surface area contributed by atoms with Gasteiger partial charge in [0.25, 0.3) is 0 Å². The summed E-state index contributed by atoms with van der Waals surface area (Å²) in [4.78, 5) is 5.50. The van der Waals surface area contributed by atoms with Crippen LogP contribution in [0.3, 0.4) is 0 Å². The molecule has 4 rings (SSSR count). The number of thiazole rings is 1. The largest absolute Gasteiger partial charge is 0.463 e. The highest BCUT2D eigenvalue weighted by molar-refractivity contribution is 7.07. The summed E-state index contributed by atoms with van der Waals surface area (Å²) in [7, 11) is 0. The van der Waals surface area contributed by atoms with Crippen molar-refractivity contribution in [1.29, 1.82) is 0 Å². The van der Waals surface area contributed by atoms with Gasteiger partial charge in [0.15, 0.2) is 5.76 Å². The van der Waals surface area contributed by atoms with Crippen LogP contribution in [-0.4, -0.2) is 17.4 Å². The molecule has 2 aromatic heterocycles. The molecule has 0 aliphatic rings. The first kappa shape index (κ1) is 18.1. The minimum absolute atomic E-state index is 0.270. The van der Waals surface area contributed by atoms with E-state index >= 15 is 0 Å². The average Bonchev–Trinajstić information content (AvgIpc) is 3.38. The number of halogens is 1. The van der Waals surface area contributed by atoms with Crippen LogP contribution in [-0.2, 0) is 6.42 Å². The van der Waals surface area contributed by atoms with Crippen LogP contribution in [0.15, 0.2) is 92.9 Å². The van der Waals surface area contributed by atoms with Crippen molar-refractivity contribution in [1.82, 2.24) is 4.68 Å². The summed E-state index contributed by atoms with van der Waals surface area (Å²) in [5.41, 5.74) is 2.88. The van der Waals surface area contributed by atoms with Gasteiger partial charge < -0.3 is 4.42 Å². The Hall–Kier alpha value is -3.25. The maximum absolute atomic E-state index is 13.1. The molecule has 0 saturated heterocycles. The van der Waals surface area contributed by atoms with E-state index in [0.717, 1.165) is 28.2 Å². The van der Waals surface area contributed by atoms with Crippen molar-refractivity contribution >= 4 is 17.6 Å². The molecule has 0 aliphatic heterocycles. The van der Waals surface area contributed by atoms with E-state index in [1.165, 1.54) is 29.0 Å². The van der Waals surface area contributed by atoms with E-state index in [0.29, 0.717) is 6.54 Å². The minimum atomic E-state index is -0.270. The lowest BCUT2D eigenvalue weighted by Crippen LogP contribution is -2.13. The molecule has 0 atom stereocenters. The van der Waals surface area contributed by atoms with Gasteiger partial charge in [-0.2, -0.15) is 5.10 Å². The zero-order valence-electron chi connectivity index (χ0n) is 15.0. The zero-order valence-corrected chi connectivity index (χ0v) is 15.8. The van der Waals surface area contributed by atoms with Gasteiger partial charge in [0.1, 0.15) is 11.5 Å². The first-order valence-electron chi connectivity index (χ1n) is 8.88. The highest BCUT2D eigenvalue weighted by atomic mass is 32.1. The van der Waals surface area contributed by atoms with Crippen molar-refractivity contribution in [2.75, 3.05) is 6.54 Å². The molecule has 0 fully saturated rings. The Balaban J connectivity index is 1.64. The van der Waals surface area contributed by atoms with Gasteiger partial charge in [0, 0.05) is 11.9 Å². The first-order valence-corrected chi connectivity index (χ1v) is 9.76. The molecule has 0 aliphatic carbocycles. The molecule has 0 unspecified atom stereocenters. The van der Waals surface area contributed by atoms with E-state index in [2.05, 4.69) is 17.2 Å². The fourth-order valence-electron chi connectivity index (χ4n) is 2.71. The lowest BCUT2D eigenvalue weighted by atomic mass is 10.2. The number of hydrogen-bond acceptors (Lipinski definition) is 4. The van der Waals surface area contributed by atoms with E-state index in [1.54, 1.807) is 29.3 Å². The first-order chi connectivity index (χ1) is 13.8. The maximum Gasteiger partial charge on any atom is 0.206 e. The zero-order chi connectivity index (χ0) is 19.2. The van der Waals surface area contributed by atoms with Gasteiger partial charge in [0.05, 0.1) is 12.5 Å². The molecular weight excluding hydrogens is 373 g/mol. The van der Waals surface area contributed by atoms with Crippen molar-refractivity contribution in [3.05, 3.63) is 100 Å². The molecule has 0 amide bonds. The van der Waals surface area contributed by atoms with Gasteiger partial charge in [-0.05, 0) is 41.8 Å². The van der Waals surface area contributed by atoms with E-state index in [4.69, 9.17) is 9.41 Å². The second kappa shape index (κ2) is 8.63. The maximum atomic E-state index is 13.1. The van der Waals surface area contributed by atoms with E-state index in [-0.39, 0.29) is 5.82 Å². The molecule has 0 bridgehead atoms. The molecule has 28 heavy (non-hydrogen) atoms. The summed E-state index contributed by atoms with van der Waals surface area (Å²) >= 11 is 1.51. The lowest BCUT2D eigenvalue weighted by Gasteiger charge is -2.01. The number of benzene rings is 2. The molecular formula is C22H18FN3OS. The molecule has 0 N–H and O–H groups in total. The minimum Gasteiger partial charge on any atom is -0.463 e. The van der Waals surface area contributed by atoms with Crippen LogP contribution in [0.1, 0.15) is 11.1 Å². The number of hydrogen-bond donors (Lipinski definition) is 0. The fraction of sp³-hybridized carbons (Fsp3) is 0.0909. The third kappa shape index (κ3) is 4.35. The van der Waals surface area contributed by atoms with Crippen LogP contribution in [0, 0.1) is 5.82 Å². The lowest BCUT2D eigenvalue weighted by molar-refractivity contribution is 0.575. The third-order valence-electron chi connectivity index (χ3n) is 4.14. The number of nitrogens with zero attached hydrogens (tertiary/aromatic N) is 3. The van der Waals surface area contributed by atoms with Gasteiger partial charge in [-0.15, -0.1) is 11.3 Å². The van der Waals surface area contributed by atoms with Crippen LogP contribution in [0.5, 0.6) is 0 Å². The monoisotopic (exact) mass is 391 g/mol. The molecule has 4 nitrogen and oxygen atoms in total. The van der Waals surface area contributed by atoms with E-state index in [1.807, 2.05) is 35.7 Å². The highest BCUT2D eigenvalue weighted by Crippen LogP contribution is 2.20. The van der Waals surface area contributed by atoms with Crippen LogP contribution in [0.25, 0.3) is 11.5 Å². The number of furan rings is 1. The van der Waals surface area contributed by atoms with Gasteiger partial charge in [-0.1, -0.05) is 42.5 Å². The molecule has 6 heteroatoms. The van der Waals surface area contributed by atoms with Crippen molar-refractivity contribution in [2.45, 2.75) is 6.42 Å². The standard InChI is InChI=1S/C22H18FN3OS/c23-19-10-8-18(9-11-19)15-25-26-20(21-7-4-14-27-21)16-28-22(26)24-13-12-17-5-2-1-3-6-17/h1-11,14-16H,12-13H2. The van der Waals surface area contributed by atoms with Gasteiger partial charge in [0.2, 0.25) is 4.80 Å². The normalized spacial score (nSPS) is 12.1. The molecule has 0 spiro atoms. The van der Waals surface area contributed by atoms with Gasteiger partial charge >= 0.3 is 0 Å². The Bertz CT molecular complexity index is 1110. The van der Waals surface area contributed by atoms with Crippen LogP contribution >= 0.6 is 11.3 Å². The Morgan fingerprint density at radius 2 is 1.82 bits per heavy atom. The Morgan fingerprint density at radius 1 is 1.00 bits per heavy atom. The fourth-order valence-corrected chi connectivity index (χ4v) is 3.56.